The first kappa shape index (κ1) is 10.4. The van der Waals surface area contributed by atoms with Crippen molar-refractivity contribution in [2.24, 2.45) is 0 Å². The van der Waals surface area contributed by atoms with E-state index in [1.165, 1.54) is 12.1 Å². The molecule has 0 atom stereocenters. The van der Waals surface area contributed by atoms with E-state index in [2.05, 4.69) is 0 Å². The molecule has 0 radical (unpaired) electrons. The van der Waals surface area contributed by atoms with Crippen LogP contribution in [0.3, 0.4) is 0 Å². The van der Waals surface area contributed by atoms with Crippen LogP contribution in [-0.2, 0) is 14.6 Å². The number of benzene rings is 1. The van der Waals surface area contributed by atoms with Crippen LogP contribution in [0, 0.1) is 0 Å². The molecule has 0 spiro atoms. The standard InChI is InChI=1S/C10H7ClO3S/c11-10(12)6-8-5-7-3-1-2-4-9(7)15(8,13)14/h1-5H,6H2. The van der Waals surface area contributed by atoms with Crippen molar-refractivity contribution in [2.75, 3.05) is 0 Å². The zero-order valence-electron chi connectivity index (χ0n) is 7.60. The summed E-state index contributed by atoms with van der Waals surface area (Å²) in [6, 6.07) is 6.61. The van der Waals surface area contributed by atoms with Crippen molar-refractivity contribution < 1.29 is 13.2 Å². The van der Waals surface area contributed by atoms with Gasteiger partial charge in [0.2, 0.25) is 15.1 Å². The van der Waals surface area contributed by atoms with Gasteiger partial charge in [-0.2, -0.15) is 0 Å². The fourth-order valence-corrected chi connectivity index (χ4v) is 3.32. The lowest BCUT2D eigenvalue weighted by Crippen LogP contribution is -2.02. The van der Waals surface area contributed by atoms with Crippen molar-refractivity contribution in [2.45, 2.75) is 11.3 Å². The summed E-state index contributed by atoms with van der Waals surface area (Å²) in [5.74, 6) is 0. The van der Waals surface area contributed by atoms with Gasteiger partial charge in [0, 0.05) is 0 Å². The third kappa shape index (κ3) is 1.70. The van der Waals surface area contributed by atoms with Crippen molar-refractivity contribution >= 4 is 32.8 Å². The highest BCUT2D eigenvalue weighted by molar-refractivity contribution is 7.95. The number of carbonyl (C=O) groups is 1. The number of halogens is 1. The largest absolute Gasteiger partial charge is 0.281 e. The van der Waals surface area contributed by atoms with Gasteiger partial charge < -0.3 is 0 Å². The van der Waals surface area contributed by atoms with E-state index in [4.69, 9.17) is 11.6 Å². The van der Waals surface area contributed by atoms with Crippen molar-refractivity contribution in [3.8, 4) is 0 Å². The summed E-state index contributed by atoms with van der Waals surface area (Å²) in [4.78, 5) is 11.0. The molecule has 15 heavy (non-hydrogen) atoms. The SMILES string of the molecule is O=C(Cl)CC1=Cc2ccccc2S1(=O)=O. The van der Waals surface area contributed by atoms with Crippen LogP contribution in [0.15, 0.2) is 34.1 Å². The van der Waals surface area contributed by atoms with Crippen molar-refractivity contribution in [3.05, 3.63) is 34.7 Å². The highest BCUT2D eigenvalue weighted by atomic mass is 35.5. The second-order valence-corrected chi connectivity index (χ2v) is 5.58. The third-order valence-electron chi connectivity index (χ3n) is 2.18. The van der Waals surface area contributed by atoms with Gasteiger partial charge in [-0.1, -0.05) is 18.2 Å². The van der Waals surface area contributed by atoms with E-state index in [0.29, 0.717) is 5.56 Å². The van der Waals surface area contributed by atoms with Gasteiger partial charge in [-0.15, -0.1) is 0 Å². The number of hydrogen-bond donors (Lipinski definition) is 0. The Labute approximate surface area is 92.3 Å². The minimum absolute atomic E-state index is 0.0729. The molecule has 1 aromatic rings. The Kier molecular flexibility index (Phi) is 2.40. The summed E-state index contributed by atoms with van der Waals surface area (Å²) in [6.45, 7) is 0. The number of hydrogen-bond acceptors (Lipinski definition) is 3. The molecule has 5 heteroatoms. The fourth-order valence-electron chi connectivity index (χ4n) is 1.52. The maximum absolute atomic E-state index is 11.8. The molecule has 0 saturated heterocycles. The summed E-state index contributed by atoms with van der Waals surface area (Å²) in [7, 11) is -3.49. The van der Waals surface area contributed by atoms with Crippen molar-refractivity contribution in [1.82, 2.24) is 0 Å². The number of sulfone groups is 1. The highest BCUT2D eigenvalue weighted by Gasteiger charge is 2.29. The Morgan fingerprint density at radius 3 is 2.53 bits per heavy atom. The number of fused-ring (bicyclic) bond motifs is 1. The molecular formula is C10H7ClO3S. The van der Waals surface area contributed by atoms with Gasteiger partial charge in [-0.3, -0.25) is 4.79 Å². The molecule has 0 unspecified atom stereocenters. The second-order valence-electron chi connectivity index (χ2n) is 3.18. The predicted octanol–water partition coefficient (Wildman–Crippen LogP) is 1.97. The average Bonchev–Trinajstić information content (AvgIpc) is 2.39. The number of rotatable bonds is 2. The molecule has 0 amide bonds. The molecule has 0 fully saturated rings. The monoisotopic (exact) mass is 242 g/mol. The van der Waals surface area contributed by atoms with Crippen molar-refractivity contribution in [1.29, 1.82) is 0 Å². The van der Waals surface area contributed by atoms with Crippen LogP contribution in [0.4, 0.5) is 0 Å². The molecule has 3 nitrogen and oxygen atoms in total. The van der Waals surface area contributed by atoms with E-state index in [1.54, 1.807) is 18.2 Å². The Hall–Kier alpha value is -1.13. The minimum Gasteiger partial charge on any atom is -0.281 e. The van der Waals surface area contributed by atoms with Gasteiger partial charge in [0.15, 0.2) is 0 Å². The minimum atomic E-state index is -3.49. The molecule has 0 bridgehead atoms. The van der Waals surface area contributed by atoms with Crippen LogP contribution in [-0.4, -0.2) is 13.7 Å². The maximum atomic E-state index is 11.8. The van der Waals surface area contributed by atoms with Crippen LogP contribution < -0.4 is 0 Å². The molecular weight excluding hydrogens is 236 g/mol. The van der Waals surface area contributed by atoms with Crippen LogP contribution in [0.5, 0.6) is 0 Å². The van der Waals surface area contributed by atoms with Gasteiger partial charge in [0.05, 0.1) is 16.2 Å². The first-order valence-electron chi connectivity index (χ1n) is 4.25. The Morgan fingerprint density at radius 2 is 1.93 bits per heavy atom. The first-order valence-corrected chi connectivity index (χ1v) is 6.11. The molecule has 0 aromatic heterocycles. The molecule has 1 aromatic carbocycles. The molecule has 1 aliphatic rings. The van der Waals surface area contributed by atoms with E-state index in [9.17, 15) is 13.2 Å². The summed E-state index contributed by atoms with van der Waals surface area (Å²) < 4.78 is 23.7. The van der Waals surface area contributed by atoms with Gasteiger partial charge in [-0.25, -0.2) is 8.42 Å². The van der Waals surface area contributed by atoms with Crippen LogP contribution in [0.25, 0.3) is 6.08 Å². The topological polar surface area (TPSA) is 51.2 Å². The Balaban J connectivity index is 2.54. The second kappa shape index (κ2) is 3.47. The molecule has 78 valence electrons. The van der Waals surface area contributed by atoms with E-state index >= 15 is 0 Å². The number of carbonyl (C=O) groups excluding carboxylic acids is 1. The average molecular weight is 243 g/mol. The van der Waals surface area contributed by atoms with Crippen LogP contribution >= 0.6 is 11.6 Å². The summed E-state index contributed by atoms with van der Waals surface area (Å²) in [6.07, 6.45) is 1.24. The third-order valence-corrected chi connectivity index (χ3v) is 4.22. The first-order chi connectivity index (χ1) is 7.01. The van der Waals surface area contributed by atoms with Gasteiger partial charge in [0.25, 0.3) is 0 Å². The van der Waals surface area contributed by atoms with E-state index in [0.717, 1.165) is 0 Å². The van der Waals surface area contributed by atoms with E-state index in [1.807, 2.05) is 0 Å². The molecule has 1 heterocycles. The molecule has 0 N–H and O–H groups in total. The van der Waals surface area contributed by atoms with Crippen LogP contribution in [0.2, 0.25) is 0 Å². The summed E-state index contributed by atoms with van der Waals surface area (Å²) in [5, 5.41) is -0.669. The fraction of sp³-hybridized carbons (Fsp3) is 0.100. The van der Waals surface area contributed by atoms with E-state index < -0.39 is 15.1 Å². The highest BCUT2D eigenvalue weighted by Crippen LogP contribution is 2.34. The Morgan fingerprint density at radius 1 is 1.27 bits per heavy atom. The normalized spacial score (nSPS) is 17.0. The molecule has 2 rings (SSSR count). The molecule has 1 aliphatic heterocycles. The van der Waals surface area contributed by atoms with E-state index in [-0.39, 0.29) is 16.2 Å². The lowest BCUT2D eigenvalue weighted by molar-refractivity contribution is -0.111. The molecule has 0 saturated carbocycles. The zero-order valence-corrected chi connectivity index (χ0v) is 9.18. The van der Waals surface area contributed by atoms with Gasteiger partial charge in [0.1, 0.15) is 0 Å². The number of allylic oxidation sites excluding steroid dienone is 1. The van der Waals surface area contributed by atoms with Crippen LogP contribution in [0.1, 0.15) is 12.0 Å². The summed E-state index contributed by atoms with van der Waals surface area (Å²) in [5.41, 5.74) is 0.616. The van der Waals surface area contributed by atoms with Gasteiger partial charge >= 0.3 is 0 Å². The molecule has 0 aliphatic carbocycles. The quantitative estimate of drug-likeness (QED) is 0.745. The lowest BCUT2D eigenvalue weighted by Gasteiger charge is -1.99. The Bertz CT molecular complexity index is 558. The summed E-state index contributed by atoms with van der Waals surface area (Å²) >= 11 is 5.18. The smallest absolute Gasteiger partial charge is 0.226 e. The zero-order chi connectivity index (χ0) is 11.1. The van der Waals surface area contributed by atoms with Gasteiger partial charge in [-0.05, 0) is 29.3 Å². The van der Waals surface area contributed by atoms with Crippen molar-refractivity contribution in [3.63, 3.8) is 0 Å². The maximum Gasteiger partial charge on any atom is 0.226 e. The lowest BCUT2D eigenvalue weighted by atomic mass is 10.2. The predicted molar refractivity (Wildman–Crippen MR) is 57.1 cm³/mol.